The molecule has 1 amide bonds. The summed E-state index contributed by atoms with van der Waals surface area (Å²) in [5.41, 5.74) is 3.92. The Bertz CT molecular complexity index is 1550. The van der Waals surface area contributed by atoms with E-state index >= 15 is 0 Å². The minimum atomic E-state index is -0.188. The molecule has 0 radical (unpaired) electrons. The molecule has 7 heteroatoms. The number of fused-ring (bicyclic) bond motifs is 4. The number of hydrogen-bond donors (Lipinski definition) is 1. The van der Waals surface area contributed by atoms with Crippen molar-refractivity contribution < 1.29 is 13.9 Å². The maximum absolute atomic E-state index is 13.3. The molecule has 0 spiro atoms. The van der Waals surface area contributed by atoms with Crippen molar-refractivity contribution in [1.82, 2.24) is 9.97 Å². The quantitative estimate of drug-likeness (QED) is 0.350. The summed E-state index contributed by atoms with van der Waals surface area (Å²) in [5.74, 6) is 1.77. The Kier molecular flexibility index (Phi) is 4.23. The van der Waals surface area contributed by atoms with E-state index in [1.54, 1.807) is 7.11 Å². The van der Waals surface area contributed by atoms with E-state index in [0.29, 0.717) is 27.8 Å². The van der Waals surface area contributed by atoms with Crippen molar-refractivity contribution in [1.29, 1.82) is 0 Å². The summed E-state index contributed by atoms with van der Waals surface area (Å²) in [4.78, 5) is 24.3. The molecule has 3 aromatic heterocycles. The van der Waals surface area contributed by atoms with Gasteiger partial charge in [-0.05, 0) is 44.4 Å². The zero-order valence-electron chi connectivity index (χ0n) is 18.0. The number of benzene rings is 2. The number of nitrogens with zero attached hydrogens (tertiary/aromatic N) is 2. The number of nitrogens with one attached hydrogen (secondary N) is 1. The first kappa shape index (κ1) is 19.3. The fourth-order valence-electron chi connectivity index (χ4n) is 4.30. The number of furan rings is 1. The average Bonchev–Trinajstić information content (AvgIpc) is 3.50. The first-order chi connectivity index (χ1) is 15.5. The lowest BCUT2D eigenvalue weighted by Gasteiger charge is -2.10. The van der Waals surface area contributed by atoms with Crippen molar-refractivity contribution in [3.8, 4) is 5.75 Å². The van der Waals surface area contributed by atoms with Crippen molar-refractivity contribution in [2.24, 2.45) is 0 Å². The van der Waals surface area contributed by atoms with E-state index in [0.717, 1.165) is 56.5 Å². The maximum atomic E-state index is 13.3. The molecule has 1 aliphatic rings. The van der Waals surface area contributed by atoms with Gasteiger partial charge in [-0.15, -0.1) is 11.3 Å². The molecule has 6 rings (SSSR count). The molecule has 32 heavy (non-hydrogen) atoms. The number of rotatable bonds is 4. The second-order valence-electron chi connectivity index (χ2n) is 8.28. The van der Waals surface area contributed by atoms with Crippen LogP contribution in [-0.2, 0) is 0 Å². The minimum Gasteiger partial charge on any atom is -0.495 e. The normalized spacial score (nSPS) is 13.8. The highest BCUT2D eigenvalue weighted by atomic mass is 32.1. The number of aromatic nitrogens is 2. The van der Waals surface area contributed by atoms with Gasteiger partial charge in [0.05, 0.1) is 23.4 Å². The molecule has 0 atom stereocenters. The van der Waals surface area contributed by atoms with E-state index in [9.17, 15) is 4.79 Å². The Labute approximate surface area is 188 Å². The van der Waals surface area contributed by atoms with Crippen LogP contribution in [0.5, 0.6) is 5.75 Å². The minimum absolute atomic E-state index is 0.188. The van der Waals surface area contributed by atoms with Gasteiger partial charge in [-0.25, -0.2) is 9.97 Å². The van der Waals surface area contributed by atoms with Crippen molar-refractivity contribution >= 4 is 55.1 Å². The standard InChI is InChI=1S/C25H21N3O3S/c1-12-21-13(2)26-23(14-8-9-14)28-25(21)32-22(12)24(29)27-17-11-19-16(10-20(17)30-3)15-6-4-5-7-18(15)31-19/h4-7,10-11,14H,8-9H2,1-3H3,(H,27,29). The van der Waals surface area contributed by atoms with Crippen LogP contribution in [0.4, 0.5) is 5.69 Å². The number of carbonyl (C=O) groups excluding carboxylic acids is 1. The van der Waals surface area contributed by atoms with Crippen molar-refractivity contribution in [3.63, 3.8) is 0 Å². The van der Waals surface area contributed by atoms with Gasteiger partial charge in [-0.1, -0.05) is 18.2 Å². The predicted octanol–water partition coefficient (Wildman–Crippen LogP) is 6.35. The van der Waals surface area contributed by atoms with Crippen LogP contribution >= 0.6 is 11.3 Å². The van der Waals surface area contributed by atoms with Gasteiger partial charge < -0.3 is 14.5 Å². The summed E-state index contributed by atoms with van der Waals surface area (Å²) in [6.45, 7) is 3.95. The highest BCUT2D eigenvalue weighted by Gasteiger charge is 2.28. The molecular formula is C25H21N3O3S. The van der Waals surface area contributed by atoms with Crippen LogP contribution in [-0.4, -0.2) is 23.0 Å². The van der Waals surface area contributed by atoms with Gasteiger partial charge in [0.25, 0.3) is 5.91 Å². The van der Waals surface area contributed by atoms with Gasteiger partial charge in [0, 0.05) is 28.1 Å². The highest BCUT2D eigenvalue weighted by molar-refractivity contribution is 7.20. The average molecular weight is 444 g/mol. The molecule has 6 nitrogen and oxygen atoms in total. The topological polar surface area (TPSA) is 77.2 Å². The third-order valence-corrected chi connectivity index (χ3v) is 7.27. The lowest BCUT2D eigenvalue weighted by Crippen LogP contribution is -2.12. The maximum Gasteiger partial charge on any atom is 0.266 e. The summed E-state index contributed by atoms with van der Waals surface area (Å²) in [6.07, 6.45) is 2.29. The fourth-order valence-corrected chi connectivity index (χ4v) is 5.43. The molecule has 1 saturated carbocycles. The SMILES string of the molecule is COc1cc2c(cc1NC(=O)c1sc3nc(C4CC4)nc(C)c3c1C)oc1ccccc12. The van der Waals surface area contributed by atoms with Crippen LogP contribution in [0.3, 0.4) is 0 Å². The van der Waals surface area contributed by atoms with Gasteiger partial charge in [0.1, 0.15) is 27.6 Å². The number of anilines is 1. The van der Waals surface area contributed by atoms with E-state index in [1.165, 1.54) is 11.3 Å². The van der Waals surface area contributed by atoms with E-state index in [1.807, 2.05) is 50.2 Å². The summed E-state index contributed by atoms with van der Waals surface area (Å²) in [5, 5.41) is 5.96. The Hall–Kier alpha value is -3.45. The van der Waals surface area contributed by atoms with E-state index in [2.05, 4.69) is 5.32 Å². The Balaban J connectivity index is 1.41. The van der Waals surface area contributed by atoms with Crippen molar-refractivity contribution in [3.05, 3.63) is 58.4 Å². The molecular weight excluding hydrogens is 422 g/mol. The smallest absolute Gasteiger partial charge is 0.266 e. The summed E-state index contributed by atoms with van der Waals surface area (Å²) in [6, 6.07) is 11.6. The second-order valence-corrected chi connectivity index (χ2v) is 9.28. The number of thiophene rings is 1. The van der Waals surface area contributed by atoms with Crippen LogP contribution in [0.2, 0.25) is 0 Å². The summed E-state index contributed by atoms with van der Waals surface area (Å²) < 4.78 is 11.6. The lowest BCUT2D eigenvalue weighted by atomic mass is 10.1. The Morgan fingerprint density at radius 3 is 2.72 bits per heavy atom. The van der Waals surface area contributed by atoms with Gasteiger partial charge >= 0.3 is 0 Å². The molecule has 0 bridgehead atoms. The zero-order valence-corrected chi connectivity index (χ0v) is 18.8. The van der Waals surface area contributed by atoms with Crippen LogP contribution in [0.25, 0.3) is 32.2 Å². The fraction of sp³-hybridized carbons (Fsp3) is 0.240. The number of carbonyl (C=O) groups is 1. The molecule has 1 N–H and O–H groups in total. The predicted molar refractivity (Wildman–Crippen MR) is 127 cm³/mol. The molecule has 0 unspecified atom stereocenters. The number of methoxy groups -OCH3 is 1. The summed E-state index contributed by atoms with van der Waals surface area (Å²) >= 11 is 1.42. The second kappa shape index (κ2) is 7.03. The Morgan fingerprint density at radius 1 is 1.12 bits per heavy atom. The van der Waals surface area contributed by atoms with Crippen LogP contribution in [0.1, 0.15) is 45.5 Å². The van der Waals surface area contributed by atoms with Gasteiger partial charge in [-0.2, -0.15) is 0 Å². The molecule has 160 valence electrons. The van der Waals surface area contributed by atoms with Crippen LogP contribution < -0.4 is 10.1 Å². The van der Waals surface area contributed by atoms with Crippen LogP contribution in [0.15, 0.2) is 40.8 Å². The van der Waals surface area contributed by atoms with Gasteiger partial charge in [-0.3, -0.25) is 4.79 Å². The number of amides is 1. The summed E-state index contributed by atoms with van der Waals surface area (Å²) in [7, 11) is 1.60. The zero-order chi connectivity index (χ0) is 22.0. The molecule has 0 aliphatic heterocycles. The first-order valence-corrected chi connectivity index (χ1v) is 11.4. The molecule has 1 aliphatic carbocycles. The molecule has 5 aromatic rings. The molecule has 2 aromatic carbocycles. The van der Waals surface area contributed by atoms with Crippen molar-refractivity contribution in [2.45, 2.75) is 32.6 Å². The first-order valence-electron chi connectivity index (χ1n) is 10.6. The molecule has 1 fully saturated rings. The van der Waals surface area contributed by atoms with Crippen LogP contribution in [0, 0.1) is 13.8 Å². The number of ether oxygens (including phenoxy) is 1. The van der Waals surface area contributed by atoms with Gasteiger partial charge in [0.2, 0.25) is 0 Å². The largest absolute Gasteiger partial charge is 0.495 e. The lowest BCUT2D eigenvalue weighted by molar-refractivity contribution is 0.102. The van der Waals surface area contributed by atoms with Gasteiger partial charge in [0.15, 0.2) is 0 Å². The third kappa shape index (κ3) is 2.96. The van der Waals surface area contributed by atoms with E-state index in [-0.39, 0.29) is 5.91 Å². The molecule has 3 heterocycles. The number of aryl methyl sites for hydroxylation is 2. The number of hydrogen-bond acceptors (Lipinski definition) is 6. The third-order valence-electron chi connectivity index (χ3n) is 6.08. The monoisotopic (exact) mass is 443 g/mol. The number of para-hydroxylation sites is 1. The van der Waals surface area contributed by atoms with Crippen molar-refractivity contribution in [2.75, 3.05) is 12.4 Å². The van der Waals surface area contributed by atoms with E-state index < -0.39 is 0 Å². The highest BCUT2D eigenvalue weighted by Crippen LogP contribution is 2.41. The Morgan fingerprint density at radius 2 is 1.94 bits per heavy atom. The van der Waals surface area contributed by atoms with E-state index in [4.69, 9.17) is 19.1 Å². The molecule has 0 saturated heterocycles.